The molecule has 0 aliphatic carbocycles. The molecule has 0 radical (unpaired) electrons. The van der Waals surface area contributed by atoms with Crippen molar-refractivity contribution in [1.82, 2.24) is 0 Å². The maximum Gasteiger partial charge on any atom is 0.387 e. The van der Waals surface area contributed by atoms with Crippen molar-refractivity contribution < 1.29 is 23.0 Å². The van der Waals surface area contributed by atoms with Crippen molar-refractivity contribution in [2.24, 2.45) is 5.73 Å². The quantitative estimate of drug-likeness (QED) is 0.808. The molecule has 0 bridgehead atoms. The standard InChI is InChI=1S/C9H10F3NO2/c10-7-3-5(15-9(11)12)1-2-6(7)8(13)4-14/h1-3,8-9,14H,4,13H2. The van der Waals surface area contributed by atoms with Gasteiger partial charge in [0, 0.05) is 11.6 Å². The van der Waals surface area contributed by atoms with Crippen LogP contribution in [0.3, 0.4) is 0 Å². The number of alkyl halides is 2. The Morgan fingerprint density at radius 1 is 1.40 bits per heavy atom. The molecule has 6 heteroatoms. The van der Waals surface area contributed by atoms with Crippen molar-refractivity contribution in [2.75, 3.05) is 6.61 Å². The van der Waals surface area contributed by atoms with Gasteiger partial charge in [-0.3, -0.25) is 0 Å². The Morgan fingerprint density at radius 2 is 2.07 bits per heavy atom. The summed E-state index contributed by atoms with van der Waals surface area (Å²) in [5.41, 5.74) is 5.42. The molecule has 15 heavy (non-hydrogen) atoms. The molecule has 0 saturated heterocycles. The molecule has 1 rings (SSSR count). The Bertz CT molecular complexity index is 333. The van der Waals surface area contributed by atoms with Crippen LogP contribution in [0.2, 0.25) is 0 Å². The van der Waals surface area contributed by atoms with Crippen LogP contribution in [0.1, 0.15) is 11.6 Å². The molecule has 84 valence electrons. The van der Waals surface area contributed by atoms with E-state index >= 15 is 0 Å². The van der Waals surface area contributed by atoms with Crippen molar-refractivity contribution >= 4 is 0 Å². The molecule has 0 amide bonds. The Morgan fingerprint density at radius 3 is 2.53 bits per heavy atom. The van der Waals surface area contributed by atoms with Gasteiger partial charge in [-0.05, 0) is 6.07 Å². The monoisotopic (exact) mass is 221 g/mol. The third kappa shape index (κ3) is 3.10. The number of halogens is 3. The summed E-state index contributed by atoms with van der Waals surface area (Å²) in [4.78, 5) is 0. The summed E-state index contributed by atoms with van der Waals surface area (Å²) in [6, 6.07) is 2.30. The lowest BCUT2D eigenvalue weighted by Crippen LogP contribution is -2.16. The summed E-state index contributed by atoms with van der Waals surface area (Å²) in [5.74, 6) is -1.06. The van der Waals surface area contributed by atoms with Crippen molar-refractivity contribution in [3.63, 3.8) is 0 Å². The van der Waals surface area contributed by atoms with E-state index in [1.54, 1.807) is 0 Å². The number of nitrogens with two attached hydrogens (primary N) is 1. The fourth-order valence-corrected chi connectivity index (χ4v) is 1.08. The molecule has 1 aromatic carbocycles. The molecule has 0 aliphatic heterocycles. The lowest BCUT2D eigenvalue weighted by atomic mass is 10.1. The van der Waals surface area contributed by atoms with Gasteiger partial charge in [0.15, 0.2) is 0 Å². The summed E-state index contributed by atoms with van der Waals surface area (Å²) in [6.07, 6.45) is 0. The number of hydrogen-bond acceptors (Lipinski definition) is 3. The molecule has 0 heterocycles. The van der Waals surface area contributed by atoms with Gasteiger partial charge in [-0.25, -0.2) is 4.39 Å². The molecule has 0 fully saturated rings. The Kier molecular flexibility index (Phi) is 3.93. The summed E-state index contributed by atoms with van der Waals surface area (Å²) in [7, 11) is 0. The zero-order chi connectivity index (χ0) is 11.4. The van der Waals surface area contributed by atoms with E-state index in [1.807, 2.05) is 0 Å². The summed E-state index contributed by atoms with van der Waals surface area (Å²) < 4.78 is 40.7. The highest BCUT2D eigenvalue weighted by Crippen LogP contribution is 2.21. The van der Waals surface area contributed by atoms with Crippen LogP contribution in [-0.4, -0.2) is 18.3 Å². The molecule has 1 unspecified atom stereocenters. The second-order valence-corrected chi connectivity index (χ2v) is 2.85. The van der Waals surface area contributed by atoms with Crippen LogP contribution in [-0.2, 0) is 0 Å². The molecule has 0 spiro atoms. The minimum absolute atomic E-state index is 0.0547. The number of hydrogen-bond donors (Lipinski definition) is 2. The number of ether oxygens (including phenoxy) is 1. The van der Waals surface area contributed by atoms with Gasteiger partial charge in [0.1, 0.15) is 11.6 Å². The van der Waals surface area contributed by atoms with E-state index in [2.05, 4.69) is 4.74 Å². The number of aliphatic hydroxyl groups is 1. The molecule has 0 saturated carbocycles. The predicted molar refractivity (Wildman–Crippen MR) is 47.0 cm³/mol. The Balaban J connectivity index is 2.88. The molecule has 0 aromatic heterocycles. The van der Waals surface area contributed by atoms with Gasteiger partial charge in [-0.1, -0.05) is 6.07 Å². The van der Waals surface area contributed by atoms with Crippen LogP contribution in [0.4, 0.5) is 13.2 Å². The maximum absolute atomic E-state index is 13.2. The van der Waals surface area contributed by atoms with E-state index in [9.17, 15) is 13.2 Å². The van der Waals surface area contributed by atoms with Crippen LogP contribution in [0.5, 0.6) is 5.75 Å². The summed E-state index contributed by atoms with van der Waals surface area (Å²) in [6.45, 7) is -3.42. The first-order chi connectivity index (χ1) is 7.04. The minimum atomic E-state index is -3.00. The number of rotatable bonds is 4. The van der Waals surface area contributed by atoms with E-state index in [0.29, 0.717) is 0 Å². The SMILES string of the molecule is NC(CO)c1ccc(OC(F)F)cc1F. The fraction of sp³-hybridized carbons (Fsp3) is 0.333. The van der Waals surface area contributed by atoms with E-state index in [4.69, 9.17) is 10.8 Å². The van der Waals surface area contributed by atoms with Gasteiger partial charge in [0.05, 0.1) is 12.6 Å². The second-order valence-electron chi connectivity index (χ2n) is 2.85. The number of aliphatic hydroxyl groups excluding tert-OH is 1. The normalized spacial score (nSPS) is 12.9. The molecule has 3 nitrogen and oxygen atoms in total. The Hall–Kier alpha value is -1.27. The van der Waals surface area contributed by atoms with Crippen LogP contribution in [0.25, 0.3) is 0 Å². The first kappa shape index (κ1) is 11.8. The topological polar surface area (TPSA) is 55.5 Å². The van der Waals surface area contributed by atoms with Gasteiger partial charge < -0.3 is 15.6 Å². The lowest BCUT2D eigenvalue weighted by Gasteiger charge is -2.11. The molecular weight excluding hydrogens is 211 g/mol. The Labute approximate surface area is 84.3 Å². The van der Waals surface area contributed by atoms with E-state index in [-0.39, 0.29) is 11.3 Å². The minimum Gasteiger partial charge on any atom is -0.435 e. The predicted octanol–water partition coefficient (Wildman–Crippen LogP) is 1.42. The molecule has 1 atom stereocenters. The first-order valence-electron chi connectivity index (χ1n) is 4.15. The van der Waals surface area contributed by atoms with Crippen LogP contribution in [0, 0.1) is 5.82 Å². The molecule has 0 aliphatic rings. The molecule has 3 N–H and O–H groups in total. The highest BCUT2D eigenvalue weighted by atomic mass is 19.3. The fourth-order valence-electron chi connectivity index (χ4n) is 1.08. The second kappa shape index (κ2) is 4.99. The lowest BCUT2D eigenvalue weighted by molar-refractivity contribution is -0.0500. The van der Waals surface area contributed by atoms with Gasteiger partial charge in [-0.2, -0.15) is 8.78 Å². The van der Waals surface area contributed by atoms with E-state index < -0.39 is 25.1 Å². The maximum atomic E-state index is 13.2. The van der Waals surface area contributed by atoms with Crippen LogP contribution < -0.4 is 10.5 Å². The summed E-state index contributed by atoms with van der Waals surface area (Å²) >= 11 is 0. The average molecular weight is 221 g/mol. The average Bonchev–Trinajstić information content (AvgIpc) is 2.16. The van der Waals surface area contributed by atoms with Gasteiger partial charge >= 0.3 is 6.61 Å². The van der Waals surface area contributed by atoms with Gasteiger partial charge in [0.2, 0.25) is 0 Å². The first-order valence-corrected chi connectivity index (χ1v) is 4.15. The van der Waals surface area contributed by atoms with Crippen molar-refractivity contribution in [2.45, 2.75) is 12.7 Å². The highest BCUT2D eigenvalue weighted by Gasteiger charge is 2.12. The van der Waals surface area contributed by atoms with Crippen molar-refractivity contribution in [3.8, 4) is 5.75 Å². The van der Waals surface area contributed by atoms with Crippen LogP contribution in [0.15, 0.2) is 18.2 Å². The van der Waals surface area contributed by atoms with Gasteiger partial charge in [0.25, 0.3) is 0 Å². The third-order valence-electron chi connectivity index (χ3n) is 1.79. The zero-order valence-electron chi connectivity index (χ0n) is 7.66. The van der Waals surface area contributed by atoms with Crippen molar-refractivity contribution in [3.05, 3.63) is 29.6 Å². The van der Waals surface area contributed by atoms with E-state index in [0.717, 1.165) is 6.07 Å². The van der Waals surface area contributed by atoms with E-state index in [1.165, 1.54) is 12.1 Å². The number of benzene rings is 1. The molecular formula is C9H10F3NO2. The van der Waals surface area contributed by atoms with Crippen LogP contribution >= 0.6 is 0 Å². The molecule has 1 aromatic rings. The third-order valence-corrected chi connectivity index (χ3v) is 1.79. The zero-order valence-corrected chi connectivity index (χ0v) is 7.66. The largest absolute Gasteiger partial charge is 0.435 e. The smallest absolute Gasteiger partial charge is 0.387 e. The summed E-state index contributed by atoms with van der Waals surface area (Å²) in [5, 5.41) is 8.68. The highest BCUT2D eigenvalue weighted by molar-refractivity contribution is 5.30. The van der Waals surface area contributed by atoms with Crippen molar-refractivity contribution in [1.29, 1.82) is 0 Å². The van der Waals surface area contributed by atoms with Gasteiger partial charge in [-0.15, -0.1) is 0 Å².